The summed E-state index contributed by atoms with van der Waals surface area (Å²) < 4.78 is 18.8. The molecule has 10 nitrogen and oxygen atoms in total. The van der Waals surface area contributed by atoms with Crippen molar-refractivity contribution in [3.8, 4) is 5.75 Å². The fourth-order valence-corrected chi connectivity index (χ4v) is 4.43. The lowest BCUT2D eigenvalue weighted by atomic mass is 10.1. The number of rotatable bonds is 9. The van der Waals surface area contributed by atoms with E-state index < -0.39 is 32.7 Å². The highest BCUT2D eigenvalue weighted by atomic mass is 31.2. The number of nitrogen functional groups attached to an aromatic ring is 1. The molecule has 0 saturated carbocycles. The molecule has 1 fully saturated rings. The van der Waals surface area contributed by atoms with Gasteiger partial charge in [0.2, 0.25) is 0 Å². The van der Waals surface area contributed by atoms with Crippen molar-refractivity contribution in [1.82, 2.24) is 14.6 Å². The van der Waals surface area contributed by atoms with Gasteiger partial charge in [-0.2, -0.15) is 4.98 Å². The molecular formula is C21H23N4O6P. The molecule has 0 aliphatic carbocycles. The Bertz CT molecular complexity index is 1140. The molecule has 0 bridgehead atoms. The van der Waals surface area contributed by atoms with Crippen molar-refractivity contribution in [3.05, 3.63) is 65.2 Å². The van der Waals surface area contributed by atoms with Gasteiger partial charge in [-0.3, -0.25) is 4.57 Å². The van der Waals surface area contributed by atoms with Crippen LogP contribution in [0.1, 0.15) is 12.6 Å². The number of ether oxygens (including phenoxy) is 1. The lowest BCUT2D eigenvalue weighted by Gasteiger charge is -2.20. The van der Waals surface area contributed by atoms with Crippen LogP contribution in [0.4, 0.5) is 5.82 Å². The molecule has 4 atom stereocenters. The Morgan fingerprint density at radius 2 is 2.09 bits per heavy atom. The summed E-state index contributed by atoms with van der Waals surface area (Å²) in [6, 6.07) is 15.0. The minimum absolute atomic E-state index is 0.0581. The van der Waals surface area contributed by atoms with E-state index in [0.717, 1.165) is 17.1 Å². The van der Waals surface area contributed by atoms with Gasteiger partial charge in [-0.05, 0) is 29.0 Å². The summed E-state index contributed by atoms with van der Waals surface area (Å²) in [7, 11) is -1.65. The summed E-state index contributed by atoms with van der Waals surface area (Å²) in [5.41, 5.74) is 4.91. The number of nitrogens with zero attached hydrogens (tertiary/aromatic N) is 2. The highest BCUT2D eigenvalue weighted by Gasteiger charge is 2.36. The summed E-state index contributed by atoms with van der Waals surface area (Å²) in [4.78, 5) is 26.5. The minimum Gasteiger partial charge on any atom is -0.436 e. The van der Waals surface area contributed by atoms with E-state index in [9.17, 15) is 14.7 Å². The summed E-state index contributed by atoms with van der Waals surface area (Å²) in [6.45, 7) is 0.151. The fraction of sp³-hybridized carbons (Fsp3) is 0.286. The van der Waals surface area contributed by atoms with Crippen LogP contribution in [0, 0.1) is 0 Å². The van der Waals surface area contributed by atoms with Crippen LogP contribution in [-0.2, 0) is 14.1 Å². The topological polar surface area (TPSA) is 138 Å². The van der Waals surface area contributed by atoms with Crippen LogP contribution in [0.3, 0.4) is 0 Å². The fourth-order valence-electron chi connectivity index (χ4n) is 3.39. The van der Waals surface area contributed by atoms with Crippen molar-refractivity contribution in [2.75, 3.05) is 18.9 Å². The predicted octanol–water partition coefficient (Wildman–Crippen LogP) is 1.74. The van der Waals surface area contributed by atoms with Crippen molar-refractivity contribution in [2.24, 2.45) is 0 Å². The molecule has 1 aliphatic heterocycles. The van der Waals surface area contributed by atoms with Crippen LogP contribution < -0.4 is 21.0 Å². The maximum Gasteiger partial charge on any atom is 0.351 e. The third-order valence-electron chi connectivity index (χ3n) is 4.88. The zero-order valence-electron chi connectivity index (χ0n) is 17.0. The Labute approximate surface area is 184 Å². The number of aromatic nitrogens is 2. The molecule has 4 N–H and O–H groups in total. The zero-order valence-corrected chi connectivity index (χ0v) is 17.9. The summed E-state index contributed by atoms with van der Waals surface area (Å²) in [6.07, 6.45) is 0.122. The monoisotopic (exact) mass is 458 g/mol. The van der Waals surface area contributed by atoms with Gasteiger partial charge in [0.25, 0.3) is 0 Å². The number of aliphatic hydroxyl groups is 1. The number of hydrogen-bond acceptors (Lipinski definition) is 9. The van der Waals surface area contributed by atoms with Gasteiger partial charge in [-0.25, -0.2) is 9.88 Å². The smallest absolute Gasteiger partial charge is 0.351 e. The lowest BCUT2D eigenvalue weighted by Crippen LogP contribution is -2.31. The number of fused-ring (bicyclic) bond motifs is 1. The normalized spacial score (nSPS) is 21.5. The van der Waals surface area contributed by atoms with Crippen molar-refractivity contribution in [3.63, 3.8) is 0 Å². The average Bonchev–Trinajstić information content (AvgIpc) is 3.15. The minimum atomic E-state index is -1.65. The Morgan fingerprint density at radius 3 is 2.88 bits per heavy atom. The predicted molar refractivity (Wildman–Crippen MR) is 119 cm³/mol. The molecule has 0 spiro atoms. The maximum absolute atomic E-state index is 12.0. The highest BCUT2D eigenvalue weighted by Crippen LogP contribution is 2.38. The number of hydrogen-bond donors (Lipinski definition) is 3. The maximum atomic E-state index is 12.0. The number of benzene rings is 2. The first-order valence-electron chi connectivity index (χ1n) is 9.98. The van der Waals surface area contributed by atoms with Gasteiger partial charge in [0.05, 0.1) is 19.3 Å². The zero-order chi connectivity index (χ0) is 22.5. The van der Waals surface area contributed by atoms with Crippen molar-refractivity contribution >= 4 is 31.4 Å². The van der Waals surface area contributed by atoms with Gasteiger partial charge in [0, 0.05) is 12.6 Å². The van der Waals surface area contributed by atoms with E-state index in [1.165, 1.54) is 16.8 Å². The molecule has 32 heavy (non-hydrogen) atoms. The molecule has 1 aliphatic rings. The number of nitrogens with two attached hydrogens (primary N) is 1. The standard InChI is InChI=1S/C21H23N4O6P/c22-19-7-9-25(21(28)24-19)20-18(27)12-17(30-20)13-29-32(23-8-10-26)31-16-6-5-14-3-1-2-4-15(14)11-16/h1-7,9-11,17-18,20,23,27H,8,12-13H2,(H2,22,24,28). The van der Waals surface area contributed by atoms with Crippen LogP contribution in [0.5, 0.6) is 5.75 Å². The van der Waals surface area contributed by atoms with E-state index >= 15 is 0 Å². The van der Waals surface area contributed by atoms with E-state index in [-0.39, 0.29) is 25.4 Å². The van der Waals surface area contributed by atoms with E-state index in [1.54, 1.807) is 0 Å². The molecule has 11 heteroatoms. The summed E-state index contributed by atoms with van der Waals surface area (Å²) in [5, 5.41) is 15.4. The average molecular weight is 458 g/mol. The number of anilines is 1. The Morgan fingerprint density at radius 1 is 1.28 bits per heavy atom. The Kier molecular flexibility index (Phi) is 7.09. The van der Waals surface area contributed by atoms with E-state index in [0.29, 0.717) is 5.75 Å². The van der Waals surface area contributed by atoms with Crippen molar-refractivity contribution in [2.45, 2.75) is 24.9 Å². The number of aliphatic hydroxyl groups excluding tert-OH is 1. The molecule has 168 valence electrons. The molecule has 4 rings (SSSR count). The Hall–Kier alpha value is -2.88. The number of carbonyl (C=O) groups excluding carboxylic acids is 1. The largest absolute Gasteiger partial charge is 0.436 e. The third kappa shape index (κ3) is 5.29. The van der Waals surface area contributed by atoms with Gasteiger partial charge >= 0.3 is 14.2 Å². The highest BCUT2D eigenvalue weighted by molar-refractivity contribution is 7.45. The van der Waals surface area contributed by atoms with Crippen molar-refractivity contribution < 1.29 is 23.7 Å². The number of aldehydes is 1. The van der Waals surface area contributed by atoms with Gasteiger partial charge in [-0.15, -0.1) is 0 Å². The third-order valence-corrected chi connectivity index (χ3v) is 6.08. The second kappa shape index (κ2) is 10.2. The molecule has 0 amide bonds. The number of nitrogens with one attached hydrogen (secondary N) is 1. The van der Waals surface area contributed by atoms with E-state index in [4.69, 9.17) is 19.5 Å². The van der Waals surface area contributed by atoms with Gasteiger partial charge in [0.1, 0.15) is 24.0 Å². The van der Waals surface area contributed by atoms with Gasteiger partial charge < -0.3 is 29.4 Å². The van der Waals surface area contributed by atoms with Crippen LogP contribution in [0.25, 0.3) is 10.8 Å². The second-order valence-corrected chi connectivity index (χ2v) is 8.45. The lowest BCUT2D eigenvalue weighted by molar-refractivity contribution is -0.106. The first kappa shape index (κ1) is 22.3. The molecule has 1 aromatic heterocycles. The molecule has 1 saturated heterocycles. The number of carbonyl (C=O) groups is 1. The first-order valence-corrected chi connectivity index (χ1v) is 11.2. The van der Waals surface area contributed by atoms with Crippen molar-refractivity contribution in [1.29, 1.82) is 0 Å². The van der Waals surface area contributed by atoms with Gasteiger partial charge in [0.15, 0.2) is 6.23 Å². The molecule has 4 unspecified atom stereocenters. The van der Waals surface area contributed by atoms with Crippen LogP contribution >= 0.6 is 8.53 Å². The molecule has 0 radical (unpaired) electrons. The molecule has 2 aromatic carbocycles. The second-order valence-electron chi connectivity index (χ2n) is 7.18. The quantitative estimate of drug-likeness (QED) is 0.323. The van der Waals surface area contributed by atoms with Gasteiger partial charge in [-0.1, -0.05) is 30.3 Å². The van der Waals surface area contributed by atoms with Crippen LogP contribution in [0.15, 0.2) is 59.5 Å². The summed E-state index contributed by atoms with van der Waals surface area (Å²) >= 11 is 0. The molecular weight excluding hydrogens is 435 g/mol. The Balaban J connectivity index is 1.39. The van der Waals surface area contributed by atoms with E-state index in [2.05, 4.69) is 10.1 Å². The van der Waals surface area contributed by atoms with E-state index in [1.807, 2.05) is 42.5 Å². The molecule has 3 aromatic rings. The van der Waals surface area contributed by atoms with Crippen LogP contribution in [-0.4, -0.2) is 46.3 Å². The van der Waals surface area contributed by atoms with Crippen LogP contribution in [0.2, 0.25) is 0 Å². The first-order chi connectivity index (χ1) is 15.5. The summed E-state index contributed by atoms with van der Waals surface area (Å²) in [5.74, 6) is 0.689. The molecule has 2 heterocycles. The SMILES string of the molecule is Nc1ccn(C2OC(COP(NCC=O)Oc3ccc4ccccc4c3)CC2O)c(=O)n1.